The second-order valence-electron chi connectivity index (χ2n) is 9.12. The quantitative estimate of drug-likeness (QED) is 0.575. The largest absolute Gasteiger partial charge is 0.573 e. The number of carbonyl (C=O) groups is 1. The van der Waals surface area contributed by atoms with Crippen LogP contribution in [0.15, 0.2) is 30.6 Å². The van der Waals surface area contributed by atoms with Crippen LogP contribution in [0, 0.1) is 11.2 Å². The average molecular weight is 485 g/mol. The van der Waals surface area contributed by atoms with Crippen molar-refractivity contribution < 1.29 is 31.8 Å². The van der Waals surface area contributed by atoms with Gasteiger partial charge in [0.1, 0.15) is 18.1 Å². The summed E-state index contributed by atoms with van der Waals surface area (Å²) in [5.41, 5.74) is 5.83. The third-order valence-electron chi connectivity index (χ3n) is 5.14. The molecule has 34 heavy (non-hydrogen) atoms. The van der Waals surface area contributed by atoms with Crippen LogP contribution in [-0.4, -0.2) is 48.0 Å². The van der Waals surface area contributed by atoms with E-state index in [1.54, 1.807) is 4.90 Å². The zero-order valence-corrected chi connectivity index (χ0v) is 19.0. The number of nitrogens with two attached hydrogens (primary N) is 1. The van der Waals surface area contributed by atoms with Gasteiger partial charge in [0.2, 0.25) is 11.7 Å². The first-order chi connectivity index (χ1) is 15.8. The summed E-state index contributed by atoms with van der Waals surface area (Å²) in [7, 11) is 0. The molecule has 0 bridgehead atoms. The van der Waals surface area contributed by atoms with Gasteiger partial charge in [0, 0.05) is 6.54 Å². The van der Waals surface area contributed by atoms with Crippen molar-refractivity contribution in [1.82, 2.24) is 9.97 Å². The zero-order valence-electron chi connectivity index (χ0n) is 19.0. The highest BCUT2D eigenvalue weighted by molar-refractivity contribution is 5.82. The van der Waals surface area contributed by atoms with Crippen LogP contribution in [0.2, 0.25) is 0 Å². The minimum absolute atomic E-state index is 0.0274. The van der Waals surface area contributed by atoms with Gasteiger partial charge in [-0.25, -0.2) is 9.97 Å². The second kappa shape index (κ2) is 10.00. The van der Waals surface area contributed by atoms with E-state index in [-0.39, 0.29) is 36.0 Å². The van der Waals surface area contributed by atoms with Crippen molar-refractivity contribution in [2.45, 2.75) is 45.6 Å². The van der Waals surface area contributed by atoms with Gasteiger partial charge in [0.15, 0.2) is 11.6 Å². The lowest BCUT2D eigenvalue weighted by Crippen LogP contribution is -2.41. The lowest BCUT2D eigenvalue weighted by atomic mass is 9.88. The molecule has 3 rings (SSSR count). The number of hydrogen-bond donors (Lipinski definition) is 2. The number of primary amides is 1. The number of halogens is 4. The number of amides is 1. The molecule has 186 valence electrons. The number of alkyl halides is 3. The van der Waals surface area contributed by atoms with Crippen LogP contribution in [0.1, 0.15) is 38.8 Å². The monoisotopic (exact) mass is 485 g/mol. The summed E-state index contributed by atoms with van der Waals surface area (Å²) in [5.74, 6) is -1.97. The molecule has 2 heterocycles. The number of benzene rings is 1. The van der Waals surface area contributed by atoms with Crippen molar-refractivity contribution in [3.05, 3.63) is 42.0 Å². The van der Waals surface area contributed by atoms with Gasteiger partial charge >= 0.3 is 6.36 Å². The molecular formula is C22H27F4N5O3. The maximum absolute atomic E-state index is 15.5. The highest BCUT2D eigenvalue weighted by Crippen LogP contribution is 2.34. The summed E-state index contributed by atoms with van der Waals surface area (Å²) in [6.45, 7) is 6.52. The van der Waals surface area contributed by atoms with E-state index < -0.39 is 30.2 Å². The zero-order chi connectivity index (χ0) is 25.1. The van der Waals surface area contributed by atoms with Crippen molar-refractivity contribution >= 4 is 17.5 Å². The van der Waals surface area contributed by atoms with Crippen LogP contribution >= 0.6 is 0 Å². The molecule has 2 atom stereocenters. The second-order valence-corrected chi connectivity index (χ2v) is 9.12. The number of aromatic nitrogens is 2. The van der Waals surface area contributed by atoms with Crippen LogP contribution in [0.3, 0.4) is 0 Å². The fourth-order valence-electron chi connectivity index (χ4n) is 3.69. The molecule has 12 heteroatoms. The molecule has 3 N–H and O–H groups in total. The number of hydrogen-bond acceptors (Lipinski definition) is 7. The Morgan fingerprint density at radius 2 is 1.94 bits per heavy atom. The number of morpholine rings is 1. The highest BCUT2D eigenvalue weighted by Gasteiger charge is 2.33. The maximum Gasteiger partial charge on any atom is 0.573 e. The van der Waals surface area contributed by atoms with Crippen molar-refractivity contribution in [2.75, 3.05) is 30.0 Å². The Kier molecular flexibility index (Phi) is 7.49. The van der Waals surface area contributed by atoms with E-state index in [4.69, 9.17) is 10.5 Å². The average Bonchev–Trinajstić information content (AvgIpc) is 2.73. The van der Waals surface area contributed by atoms with Crippen molar-refractivity contribution in [3.8, 4) is 5.75 Å². The molecule has 1 amide bonds. The van der Waals surface area contributed by atoms with E-state index in [9.17, 15) is 18.0 Å². The molecule has 1 aromatic heterocycles. The Labute approximate surface area is 194 Å². The summed E-state index contributed by atoms with van der Waals surface area (Å²) < 4.78 is 62.3. The van der Waals surface area contributed by atoms with Crippen molar-refractivity contribution in [3.63, 3.8) is 0 Å². The molecule has 1 aliphatic heterocycles. The Balaban J connectivity index is 1.87. The van der Waals surface area contributed by atoms with E-state index in [0.717, 1.165) is 0 Å². The Morgan fingerprint density at radius 1 is 1.26 bits per heavy atom. The van der Waals surface area contributed by atoms with E-state index in [0.29, 0.717) is 18.6 Å². The van der Waals surface area contributed by atoms with Crippen LogP contribution in [-0.2, 0) is 9.53 Å². The summed E-state index contributed by atoms with van der Waals surface area (Å²) in [4.78, 5) is 21.6. The first-order valence-corrected chi connectivity index (χ1v) is 10.6. The van der Waals surface area contributed by atoms with Gasteiger partial charge in [-0.15, -0.1) is 13.2 Å². The Morgan fingerprint density at radius 3 is 2.53 bits per heavy atom. The molecular weight excluding hydrogens is 458 g/mol. The number of nitrogens with zero attached hydrogens (tertiary/aromatic N) is 3. The number of nitrogens with one attached hydrogen (secondary N) is 1. The molecule has 0 radical (unpaired) electrons. The third-order valence-corrected chi connectivity index (χ3v) is 5.14. The summed E-state index contributed by atoms with van der Waals surface area (Å²) in [5, 5.41) is 2.78. The molecule has 8 nitrogen and oxygen atoms in total. The molecule has 0 saturated carbocycles. The molecule has 0 spiro atoms. The fourth-order valence-corrected chi connectivity index (χ4v) is 3.69. The molecule has 2 aromatic rings. The highest BCUT2D eigenvalue weighted by atomic mass is 19.4. The van der Waals surface area contributed by atoms with Crippen LogP contribution < -0.4 is 20.7 Å². The Bertz CT molecular complexity index is 996. The fraction of sp³-hybridized carbons (Fsp3) is 0.500. The number of ether oxygens (including phenoxy) is 2. The van der Waals surface area contributed by atoms with Crippen LogP contribution in [0.4, 0.5) is 29.2 Å². The molecule has 1 aliphatic rings. The predicted octanol–water partition coefficient (Wildman–Crippen LogP) is 3.79. The number of carbonyl (C=O) groups excluding carboxylic acids is 1. The van der Waals surface area contributed by atoms with Crippen LogP contribution in [0.25, 0.3) is 0 Å². The first kappa shape index (κ1) is 25.5. The van der Waals surface area contributed by atoms with E-state index in [1.807, 2.05) is 20.8 Å². The SMILES string of the molecule is CC(C)(C)C[C@@H](Nc1ncnc(N2CCOCC2c2ccc(OC(F)(F)F)cc2)c1F)C(N)=O. The minimum atomic E-state index is -4.80. The molecule has 1 unspecified atom stereocenters. The van der Waals surface area contributed by atoms with Gasteiger partial charge in [0.05, 0.1) is 19.3 Å². The number of anilines is 2. The predicted molar refractivity (Wildman–Crippen MR) is 117 cm³/mol. The van der Waals surface area contributed by atoms with Gasteiger partial charge in [-0.1, -0.05) is 32.9 Å². The van der Waals surface area contributed by atoms with Gasteiger partial charge in [0.25, 0.3) is 0 Å². The van der Waals surface area contributed by atoms with Gasteiger partial charge in [-0.3, -0.25) is 4.79 Å². The smallest absolute Gasteiger partial charge is 0.406 e. The lowest BCUT2D eigenvalue weighted by Gasteiger charge is -2.37. The lowest BCUT2D eigenvalue weighted by molar-refractivity contribution is -0.274. The summed E-state index contributed by atoms with van der Waals surface area (Å²) in [6.07, 6.45) is -3.28. The van der Waals surface area contributed by atoms with E-state index >= 15 is 4.39 Å². The first-order valence-electron chi connectivity index (χ1n) is 10.6. The van der Waals surface area contributed by atoms with E-state index in [1.165, 1.54) is 30.6 Å². The minimum Gasteiger partial charge on any atom is -0.406 e. The topological polar surface area (TPSA) is 103 Å². The maximum atomic E-state index is 15.5. The van der Waals surface area contributed by atoms with Gasteiger partial charge in [-0.05, 0) is 29.5 Å². The van der Waals surface area contributed by atoms with Crippen molar-refractivity contribution in [1.29, 1.82) is 0 Å². The summed E-state index contributed by atoms with van der Waals surface area (Å²) in [6, 6.07) is 3.91. The van der Waals surface area contributed by atoms with E-state index in [2.05, 4.69) is 20.0 Å². The summed E-state index contributed by atoms with van der Waals surface area (Å²) >= 11 is 0. The van der Waals surface area contributed by atoms with Crippen LogP contribution in [0.5, 0.6) is 5.75 Å². The third kappa shape index (κ3) is 6.69. The van der Waals surface area contributed by atoms with Gasteiger partial charge in [-0.2, -0.15) is 4.39 Å². The van der Waals surface area contributed by atoms with Gasteiger partial charge < -0.3 is 25.4 Å². The standard InChI is InChI=1S/C22H27F4N5O3/c1-21(2,3)10-15(18(27)32)30-19-17(23)20(29-12-28-19)31-8-9-33-11-16(31)13-4-6-14(7-5-13)34-22(24,25)26/h4-7,12,15-16H,8-11H2,1-3H3,(H2,27,32)(H,28,29,30)/t15-,16?/m1/s1. The normalized spacial score (nSPS) is 17.9. The molecule has 1 saturated heterocycles. The molecule has 0 aliphatic carbocycles. The van der Waals surface area contributed by atoms with Crippen molar-refractivity contribution in [2.24, 2.45) is 11.1 Å². The Hall–Kier alpha value is -3.15. The molecule has 1 fully saturated rings. The molecule has 1 aromatic carbocycles. The number of rotatable bonds is 7.